The van der Waals surface area contributed by atoms with Crippen molar-refractivity contribution in [1.29, 1.82) is 0 Å². The van der Waals surface area contributed by atoms with Crippen LogP contribution in [0.5, 0.6) is 0 Å². The van der Waals surface area contributed by atoms with Crippen molar-refractivity contribution in [2.75, 3.05) is 0 Å². The first-order chi connectivity index (χ1) is 8.15. The van der Waals surface area contributed by atoms with Crippen LogP contribution in [0, 0.1) is 26.8 Å². The molecule has 3 rings (SSSR count). The van der Waals surface area contributed by atoms with Crippen LogP contribution in [0.15, 0.2) is 6.07 Å². The molecular weight excluding hydrogens is 443 g/mol. The number of hydrogen-bond donors (Lipinski definition) is 0. The van der Waals surface area contributed by atoms with Gasteiger partial charge in [0.05, 0.1) is 10.0 Å². The maximum atomic E-state index is 4.59. The van der Waals surface area contributed by atoms with E-state index in [9.17, 15) is 0 Å². The number of hydrogen-bond acceptors (Lipinski definition) is 5. The third kappa shape index (κ3) is 2.26. The zero-order valence-electron chi connectivity index (χ0n) is 10.1. The van der Waals surface area contributed by atoms with Crippen LogP contribution in [-0.4, -0.2) is 14.3 Å². The standard InChI is InChI=1S/C12H10N3S2.Ir/c1-6-4-5-9(12-13-7(2)15-17-12)10-11(6)16-8(3)14-10;/h4H,1-3H3;/q-1;. The molecule has 0 unspecified atom stereocenters. The Morgan fingerprint density at radius 2 is 1.94 bits per heavy atom. The topological polar surface area (TPSA) is 38.7 Å². The van der Waals surface area contributed by atoms with E-state index in [0.29, 0.717) is 0 Å². The number of nitrogens with zero attached hydrogens (tertiary/aromatic N) is 3. The van der Waals surface area contributed by atoms with Crippen molar-refractivity contribution >= 4 is 33.1 Å². The Morgan fingerprint density at radius 3 is 2.61 bits per heavy atom. The van der Waals surface area contributed by atoms with E-state index in [0.717, 1.165) is 26.9 Å². The van der Waals surface area contributed by atoms with Gasteiger partial charge >= 0.3 is 0 Å². The first kappa shape index (κ1) is 13.7. The van der Waals surface area contributed by atoms with Gasteiger partial charge in [0.1, 0.15) is 5.82 Å². The summed E-state index contributed by atoms with van der Waals surface area (Å²) in [6.07, 6.45) is 0. The molecule has 0 saturated carbocycles. The van der Waals surface area contributed by atoms with Crippen molar-refractivity contribution in [3.8, 4) is 10.6 Å². The van der Waals surface area contributed by atoms with Crippen molar-refractivity contribution in [2.45, 2.75) is 20.8 Å². The Bertz CT molecular complexity index is 702. The van der Waals surface area contributed by atoms with E-state index in [1.807, 2.05) is 19.9 Å². The first-order valence-corrected chi connectivity index (χ1v) is 6.83. The summed E-state index contributed by atoms with van der Waals surface area (Å²) in [7, 11) is 0. The van der Waals surface area contributed by atoms with Gasteiger partial charge in [0.2, 0.25) is 0 Å². The minimum atomic E-state index is 0. The second kappa shape index (κ2) is 5.13. The second-order valence-electron chi connectivity index (χ2n) is 3.90. The molecule has 0 aliphatic rings. The molecule has 2 aromatic heterocycles. The predicted octanol–water partition coefficient (Wildman–Crippen LogP) is 3.54. The van der Waals surface area contributed by atoms with Crippen LogP contribution in [0.2, 0.25) is 0 Å². The monoisotopic (exact) mass is 453 g/mol. The van der Waals surface area contributed by atoms with Crippen LogP contribution in [0.4, 0.5) is 0 Å². The number of rotatable bonds is 1. The molecule has 3 nitrogen and oxygen atoms in total. The predicted molar refractivity (Wildman–Crippen MR) is 71.6 cm³/mol. The third-order valence-electron chi connectivity index (χ3n) is 2.50. The molecule has 1 radical (unpaired) electrons. The molecule has 0 fully saturated rings. The summed E-state index contributed by atoms with van der Waals surface area (Å²) in [5.41, 5.74) is 3.19. The summed E-state index contributed by atoms with van der Waals surface area (Å²) < 4.78 is 5.44. The van der Waals surface area contributed by atoms with Crippen LogP contribution in [0.3, 0.4) is 0 Å². The van der Waals surface area contributed by atoms with Gasteiger partial charge in [-0.05, 0) is 18.5 Å². The molecule has 2 heterocycles. The number of aryl methyl sites for hydroxylation is 3. The van der Waals surface area contributed by atoms with Crippen molar-refractivity contribution in [3.05, 3.63) is 28.5 Å². The van der Waals surface area contributed by atoms with Crippen molar-refractivity contribution in [2.24, 2.45) is 0 Å². The van der Waals surface area contributed by atoms with Gasteiger partial charge in [-0.15, -0.1) is 29.0 Å². The van der Waals surface area contributed by atoms with E-state index in [4.69, 9.17) is 0 Å². The van der Waals surface area contributed by atoms with E-state index in [1.165, 1.54) is 21.8 Å². The molecule has 1 aromatic carbocycles. The zero-order chi connectivity index (χ0) is 12.0. The van der Waals surface area contributed by atoms with E-state index in [1.54, 1.807) is 11.3 Å². The molecule has 0 bridgehead atoms. The quantitative estimate of drug-likeness (QED) is 0.530. The number of fused-ring (bicyclic) bond motifs is 1. The molecule has 0 N–H and O–H groups in total. The summed E-state index contributed by atoms with van der Waals surface area (Å²) in [4.78, 5) is 9.00. The molecule has 0 amide bonds. The molecular formula is C12H10IrN3S2-. The fourth-order valence-electron chi connectivity index (χ4n) is 1.74. The molecule has 95 valence electrons. The fourth-order valence-corrected chi connectivity index (χ4v) is 3.32. The molecule has 6 heteroatoms. The first-order valence-electron chi connectivity index (χ1n) is 5.24. The Labute approximate surface area is 127 Å². The SMILES string of the molecule is Cc1nsc(-c2[c-]cc(C)c3sc(C)nc23)n1.[Ir]. The molecule has 0 saturated heterocycles. The van der Waals surface area contributed by atoms with Crippen molar-refractivity contribution in [1.82, 2.24) is 14.3 Å². The molecule has 3 aromatic rings. The molecule has 0 aliphatic heterocycles. The van der Waals surface area contributed by atoms with Crippen molar-refractivity contribution < 1.29 is 20.1 Å². The average Bonchev–Trinajstić information content (AvgIpc) is 2.85. The van der Waals surface area contributed by atoms with Crippen LogP contribution in [0.25, 0.3) is 20.8 Å². The number of aromatic nitrogens is 3. The van der Waals surface area contributed by atoms with Crippen LogP contribution < -0.4 is 0 Å². The van der Waals surface area contributed by atoms with Gasteiger partial charge in [0, 0.05) is 25.6 Å². The molecule has 18 heavy (non-hydrogen) atoms. The van der Waals surface area contributed by atoms with Gasteiger partial charge in [-0.3, -0.25) is 9.97 Å². The smallest absolute Gasteiger partial charge is 0.129 e. The van der Waals surface area contributed by atoms with E-state index >= 15 is 0 Å². The zero-order valence-corrected chi connectivity index (χ0v) is 14.1. The number of thiazole rings is 1. The Morgan fingerprint density at radius 1 is 1.17 bits per heavy atom. The number of benzene rings is 1. The van der Waals surface area contributed by atoms with E-state index < -0.39 is 0 Å². The van der Waals surface area contributed by atoms with Crippen LogP contribution >= 0.6 is 22.9 Å². The summed E-state index contributed by atoms with van der Waals surface area (Å²) in [6.45, 7) is 6.02. The Kier molecular flexibility index (Phi) is 3.92. The van der Waals surface area contributed by atoms with Gasteiger partial charge in [-0.25, -0.2) is 0 Å². The fraction of sp³-hybridized carbons (Fsp3) is 0.250. The Hall–Kier alpha value is -0.681. The maximum Gasteiger partial charge on any atom is 0.129 e. The third-order valence-corrected chi connectivity index (χ3v) is 4.43. The molecule has 0 aliphatic carbocycles. The van der Waals surface area contributed by atoms with Gasteiger partial charge in [-0.2, -0.15) is 4.37 Å². The van der Waals surface area contributed by atoms with Gasteiger partial charge in [0.15, 0.2) is 0 Å². The molecule has 0 atom stereocenters. The largest absolute Gasteiger partial charge is 0.290 e. The summed E-state index contributed by atoms with van der Waals surface area (Å²) in [6, 6.07) is 5.28. The summed E-state index contributed by atoms with van der Waals surface area (Å²) >= 11 is 3.12. The molecule has 0 spiro atoms. The normalized spacial score (nSPS) is 10.6. The maximum absolute atomic E-state index is 4.59. The van der Waals surface area contributed by atoms with Crippen LogP contribution in [0.1, 0.15) is 16.4 Å². The van der Waals surface area contributed by atoms with E-state index in [-0.39, 0.29) is 20.1 Å². The van der Waals surface area contributed by atoms with Gasteiger partial charge < -0.3 is 0 Å². The Balaban J connectivity index is 0.00000120. The van der Waals surface area contributed by atoms with E-state index in [2.05, 4.69) is 27.3 Å². The minimum absolute atomic E-state index is 0. The average molecular weight is 453 g/mol. The second-order valence-corrected chi connectivity index (χ2v) is 5.86. The minimum Gasteiger partial charge on any atom is -0.290 e. The van der Waals surface area contributed by atoms with Crippen molar-refractivity contribution in [3.63, 3.8) is 0 Å². The summed E-state index contributed by atoms with van der Waals surface area (Å²) in [5, 5.41) is 1.97. The van der Waals surface area contributed by atoms with Gasteiger partial charge in [0.25, 0.3) is 0 Å². The van der Waals surface area contributed by atoms with Gasteiger partial charge in [-0.1, -0.05) is 24.0 Å². The summed E-state index contributed by atoms with van der Waals surface area (Å²) in [5.74, 6) is 0.805. The van der Waals surface area contributed by atoms with Crippen LogP contribution in [-0.2, 0) is 20.1 Å².